The number of aromatic amines is 1. The molecule has 0 saturated carbocycles. The second-order valence-corrected chi connectivity index (χ2v) is 7.75. The molecule has 0 fully saturated rings. The molecular weight excluding hydrogens is 338 g/mol. The van der Waals surface area contributed by atoms with Gasteiger partial charge in [0, 0.05) is 11.5 Å². The maximum atomic E-state index is 6.05. The zero-order valence-electron chi connectivity index (χ0n) is 16.2. The SMILES string of the molecule is CC(C)(C)C(COCc1ccccc1)COc1ccc(-c2cn[nH]n2)cc1. The van der Waals surface area contributed by atoms with Crippen molar-refractivity contribution in [2.75, 3.05) is 13.2 Å². The molecule has 1 heterocycles. The lowest BCUT2D eigenvalue weighted by Gasteiger charge is -2.30. The number of H-pyrrole nitrogens is 1. The van der Waals surface area contributed by atoms with Crippen LogP contribution in [0.1, 0.15) is 26.3 Å². The Kier molecular flexibility index (Phi) is 6.24. The Hall–Kier alpha value is -2.66. The van der Waals surface area contributed by atoms with Crippen molar-refractivity contribution < 1.29 is 9.47 Å². The minimum atomic E-state index is 0.0946. The van der Waals surface area contributed by atoms with E-state index >= 15 is 0 Å². The van der Waals surface area contributed by atoms with Crippen LogP contribution in [0, 0.1) is 11.3 Å². The molecule has 1 aromatic heterocycles. The number of nitrogens with zero attached hydrogens (tertiary/aromatic N) is 2. The Morgan fingerprint density at radius 3 is 2.33 bits per heavy atom. The second-order valence-electron chi connectivity index (χ2n) is 7.75. The minimum absolute atomic E-state index is 0.0946. The molecule has 3 aromatic rings. The van der Waals surface area contributed by atoms with Crippen LogP contribution in [0.15, 0.2) is 60.8 Å². The first-order valence-electron chi connectivity index (χ1n) is 9.23. The third-order valence-electron chi connectivity index (χ3n) is 4.67. The van der Waals surface area contributed by atoms with Gasteiger partial charge in [0.05, 0.1) is 26.0 Å². The van der Waals surface area contributed by atoms with E-state index in [4.69, 9.17) is 9.47 Å². The van der Waals surface area contributed by atoms with Gasteiger partial charge in [-0.15, -0.1) is 0 Å². The molecule has 0 bridgehead atoms. The van der Waals surface area contributed by atoms with Crippen molar-refractivity contribution >= 4 is 0 Å². The third-order valence-corrected chi connectivity index (χ3v) is 4.67. The number of hydrogen-bond acceptors (Lipinski definition) is 4. The summed E-state index contributed by atoms with van der Waals surface area (Å²) in [6.07, 6.45) is 1.70. The molecule has 3 rings (SSSR count). The number of benzene rings is 2. The van der Waals surface area contributed by atoms with Crippen LogP contribution in [0.3, 0.4) is 0 Å². The number of aromatic nitrogens is 3. The van der Waals surface area contributed by atoms with Crippen LogP contribution in [-0.4, -0.2) is 28.6 Å². The Labute approximate surface area is 160 Å². The average molecular weight is 365 g/mol. The van der Waals surface area contributed by atoms with Gasteiger partial charge in [-0.2, -0.15) is 15.4 Å². The normalized spacial score (nSPS) is 12.7. The number of hydrogen-bond donors (Lipinski definition) is 1. The van der Waals surface area contributed by atoms with Crippen LogP contribution in [0.25, 0.3) is 11.3 Å². The van der Waals surface area contributed by atoms with Gasteiger partial charge in [0.15, 0.2) is 0 Å². The van der Waals surface area contributed by atoms with Crippen LogP contribution in [-0.2, 0) is 11.3 Å². The van der Waals surface area contributed by atoms with Gasteiger partial charge in [-0.05, 0) is 35.2 Å². The largest absolute Gasteiger partial charge is 0.493 e. The Balaban J connectivity index is 1.53. The van der Waals surface area contributed by atoms with E-state index in [1.807, 2.05) is 42.5 Å². The van der Waals surface area contributed by atoms with E-state index in [2.05, 4.69) is 48.3 Å². The molecule has 2 aromatic carbocycles. The average Bonchev–Trinajstić information content (AvgIpc) is 3.19. The fourth-order valence-electron chi connectivity index (χ4n) is 2.70. The highest BCUT2D eigenvalue weighted by atomic mass is 16.5. The fraction of sp³-hybridized carbons (Fsp3) is 0.364. The van der Waals surface area contributed by atoms with Gasteiger partial charge in [0.2, 0.25) is 0 Å². The van der Waals surface area contributed by atoms with Gasteiger partial charge < -0.3 is 9.47 Å². The first kappa shape index (κ1) is 19.1. The van der Waals surface area contributed by atoms with Crippen LogP contribution in [0.2, 0.25) is 0 Å². The molecule has 1 unspecified atom stereocenters. The van der Waals surface area contributed by atoms with E-state index in [-0.39, 0.29) is 11.3 Å². The standard InChI is InChI=1S/C22H27N3O2/c1-22(2,3)19(15-26-14-17-7-5-4-6-8-17)16-27-20-11-9-18(10-12-20)21-13-23-25-24-21/h4-13,19H,14-16H2,1-3H3,(H,23,24,25). The lowest BCUT2D eigenvalue weighted by Crippen LogP contribution is -2.30. The number of rotatable bonds is 8. The Morgan fingerprint density at radius 1 is 0.963 bits per heavy atom. The molecule has 142 valence electrons. The fourth-order valence-corrected chi connectivity index (χ4v) is 2.70. The van der Waals surface area contributed by atoms with Gasteiger partial charge in [0.1, 0.15) is 11.4 Å². The van der Waals surface area contributed by atoms with Crippen molar-refractivity contribution in [2.24, 2.45) is 11.3 Å². The van der Waals surface area contributed by atoms with Crippen molar-refractivity contribution in [1.29, 1.82) is 0 Å². The number of nitrogens with one attached hydrogen (secondary N) is 1. The predicted molar refractivity (Wildman–Crippen MR) is 106 cm³/mol. The molecular formula is C22H27N3O2. The maximum Gasteiger partial charge on any atom is 0.119 e. The van der Waals surface area contributed by atoms with Crippen molar-refractivity contribution in [3.05, 3.63) is 66.4 Å². The summed E-state index contributed by atoms with van der Waals surface area (Å²) in [5.41, 5.74) is 3.12. The predicted octanol–water partition coefficient (Wildman–Crippen LogP) is 4.73. The van der Waals surface area contributed by atoms with Gasteiger partial charge in [-0.3, -0.25) is 0 Å². The zero-order chi connectivity index (χ0) is 19.1. The highest BCUT2D eigenvalue weighted by molar-refractivity contribution is 5.58. The molecule has 0 amide bonds. The summed E-state index contributed by atoms with van der Waals surface area (Å²) >= 11 is 0. The van der Waals surface area contributed by atoms with E-state index in [0.717, 1.165) is 17.0 Å². The molecule has 5 nitrogen and oxygen atoms in total. The Bertz CT molecular complexity index is 794. The summed E-state index contributed by atoms with van der Waals surface area (Å²) in [7, 11) is 0. The molecule has 0 aliphatic rings. The molecule has 0 saturated heterocycles. The summed E-state index contributed by atoms with van der Waals surface area (Å²) < 4.78 is 12.0. The van der Waals surface area contributed by atoms with E-state index in [9.17, 15) is 0 Å². The molecule has 0 aliphatic heterocycles. The van der Waals surface area contributed by atoms with Gasteiger partial charge in [-0.25, -0.2) is 0 Å². The topological polar surface area (TPSA) is 60.0 Å². The first-order valence-corrected chi connectivity index (χ1v) is 9.23. The highest BCUT2D eigenvalue weighted by Crippen LogP contribution is 2.28. The van der Waals surface area contributed by atoms with E-state index < -0.39 is 0 Å². The third kappa shape index (κ3) is 5.66. The monoisotopic (exact) mass is 365 g/mol. The van der Waals surface area contributed by atoms with Crippen LogP contribution in [0.5, 0.6) is 5.75 Å². The first-order chi connectivity index (χ1) is 13.0. The Morgan fingerprint density at radius 2 is 1.70 bits per heavy atom. The van der Waals surface area contributed by atoms with Gasteiger partial charge >= 0.3 is 0 Å². The highest BCUT2D eigenvalue weighted by Gasteiger charge is 2.25. The molecule has 1 N–H and O–H groups in total. The minimum Gasteiger partial charge on any atom is -0.493 e. The van der Waals surface area contributed by atoms with Crippen LogP contribution >= 0.6 is 0 Å². The van der Waals surface area contributed by atoms with Gasteiger partial charge in [0.25, 0.3) is 0 Å². The van der Waals surface area contributed by atoms with Crippen molar-refractivity contribution in [3.8, 4) is 17.0 Å². The lowest BCUT2D eigenvalue weighted by atomic mass is 9.82. The summed E-state index contributed by atoms with van der Waals surface area (Å²) in [5, 5.41) is 10.6. The van der Waals surface area contributed by atoms with E-state index in [1.54, 1.807) is 6.20 Å². The second kappa shape index (κ2) is 8.82. The van der Waals surface area contributed by atoms with Crippen molar-refractivity contribution in [2.45, 2.75) is 27.4 Å². The molecule has 27 heavy (non-hydrogen) atoms. The summed E-state index contributed by atoms with van der Waals surface area (Å²) in [4.78, 5) is 0. The van der Waals surface area contributed by atoms with Crippen LogP contribution in [0.4, 0.5) is 0 Å². The van der Waals surface area contributed by atoms with Crippen molar-refractivity contribution in [1.82, 2.24) is 15.4 Å². The van der Waals surface area contributed by atoms with Gasteiger partial charge in [-0.1, -0.05) is 51.1 Å². The summed E-state index contributed by atoms with van der Waals surface area (Å²) in [5.74, 6) is 1.14. The van der Waals surface area contributed by atoms with E-state index in [1.165, 1.54) is 5.56 Å². The molecule has 0 radical (unpaired) electrons. The number of ether oxygens (including phenoxy) is 2. The summed E-state index contributed by atoms with van der Waals surface area (Å²) in [6, 6.07) is 18.2. The summed E-state index contributed by atoms with van der Waals surface area (Å²) in [6.45, 7) is 8.57. The molecule has 0 spiro atoms. The van der Waals surface area contributed by atoms with E-state index in [0.29, 0.717) is 19.8 Å². The zero-order valence-corrected chi connectivity index (χ0v) is 16.2. The van der Waals surface area contributed by atoms with Crippen LogP contribution < -0.4 is 4.74 Å². The lowest BCUT2D eigenvalue weighted by molar-refractivity contribution is 0.0222. The molecule has 5 heteroatoms. The van der Waals surface area contributed by atoms with Crippen molar-refractivity contribution in [3.63, 3.8) is 0 Å². The molecule has 1 atom stereocenters. The maximum absolute atomic E-state index is 6.05. The smallest absolute Gasteiger partial charge is 0.119 e. The quantitative estimate of drug-likeness (QED) is 0.627. The molecule has 0 aliphatic carbocycles.